The third-order valence-corrected chi connectivity index (χ3v) is 8.03. The fraction of sp³-hybridized carbons (Fsp3) is 0.290. The van der Waals surface area contributed by atoms with Gasteiger partial charge in [0.1, 0.15) is 30.4 Å². The number of ether oxygens (including phenoxy) is 4. The number of carbonyl (C=O) groups is 4. The molecule has 5 rings (SSSR count). The van der Waals surface area contributed by atoms with Gasteiger partial charge in [-0.1, -0.05) is 24.3 Å². The van der Waals surface area contributed by atoms with E-state index in [0.29, 0.717) is 11.1 Å². The molecule has 1 fully saturated rings. The molecule has 3 aromatic heterocycles. The maximum atomic E-state index is 12.7. The quantitative estimate of drug-likeness (QED) is 0.0749. The summed E-state index contributed by atoms with van der Waals surface area (Å²) < 4.78 is 24.1. The summed E-state index contributed by atoms with van der Waals surface area (Å²) in [4.78, 5) is 66.7. The highest BCUT2D eigenvalue weighted by atomic mass is 35.5. The number of rotatable bonds is 11. The van der Waals surface area contributed by atoms with Crippen LogP contribution in [0.4, 0.5) is 11.6 Å². The second-order valence-corrected chi connectivity index (χ2v) is 11.2. The number of benzene rings is 1. The molecule has 0 amide bonds. The highest BCUT2D eigenvalue weighted by Crippen LogP contribution is 2.47. The molecule has 0 unspecified atom stereocenters. The third kappa shape index (κ3) is 5.92. The number of aliphatic carboxylic acids is 2. The molecule has 17 nitrogen and oxygen atoms in total. The number of terminal acetylenes is 1. The molecule has 4 aromatic rings. The first-order valence-electron chi connectivity index (χ1n) is 14.3. The van der Waals surface area contributed by atoms with Crippen LogP contribution in [0.25, 0.3) is 22.3 Å². The lowest BCUT2D eigenvalue weighted by Gasteiger charge is -2.41. The Balaban J connectivity index is 1.55. The zero-order valence-electron chi connectivity index (χ0n) is 25.8. The lowest BCUT2D eigenvalue weighted by atomic mass is 9.87. The van der Waals surface area contributed by atoms with Gasteiger partial charge in [-0.25, -0.2) is 19.6 Å². The molecular weight excluding hydrogens is 666 g/mol. The predicted molar refractivity (Wildman–Crippen MR) is 169 cm³/mol. The van der Waals surface area contributed by atoms with Crippen molar-refractivity contribution in [3.05, 3.63) is 59.8 Å². The number of esters is 2. The lowest BCUT2D eigenvalue weighted by molar-refractivity contribution is -0.217. The number of anilines is 2. The van der Waals surface area contributed by atoms with Gasteiger partial charge in [-0.15, -0.1) is 6.42 Å². The molecule has 18 heteroatoms. The van der Waals surface area contributed by atoms with E-state index >= 15 is 0 Å². The van der Waals surface area contributed by atoms with Gasteiger partial charge in [-0.2, -0.15) is 9.97 Å². The molecule has 0 aliphatic carbocycles. The highest BCUT2D eigenvalue weighted by molar-refractivity contribution is 6.28. The molecule has 0 radical (unpaired) electrons. The molecule has 1 aliphatic heterocycles. The molecule has 0 bridgehead atoms. The number of fused-ring (bicyclic) bond motifs is 1. The molecule has 49 heavy (non-hydrogen) atoms. The number of carboxylic acids is 2. The molecule has 1 aliphatic rings. The van der Waals surface area contributed by atoms with E-state index in [1.54, 1.807) is 24.3 Å². The Bertz CT molecular complexity index is 2000. The Kier molecular flexibility index (Phi) is 9.15. The van der Waals surface area contributed by atoms with E-state index in [1.807, 2.05) is 0 Å². The number of nitrogen functional groups attached to an aromatic ring is 2. The molecule has 6 N–H and O–H groups in total. The van der Waals surface area contributed by atoms with Gasteiger partial charge in [0, 0.05) is 32.0 Å². The summed E-state index contributed by atoms with van der Waals surface area (Å²) in [7, 11) is 0. The van der Waals surface area contributed by atoms with Crippen LogP contribution in [-0.4, -0.2) is 89.1 Å². The Morgan fingerprint density at radius 3 is 2.33 bits per heavy atom. The number of hydrogen-bond acceptors (Lipinski definition) is 14. The number of hydrogen-bond donors (Lipinski definition) is 4. The first kappa shape index (κ1) is 34.5. The number of carbonyl (C=O) groups excluding carboxylic acids is 2. The van der Waals surface area contributed by atoms with Gasteiger partial charge in [0.2, 0.25) is 5.28 Å². The second-order valence-electron chi connectivity index (χ2n) is 10.9. The van der Waals surface area contributed by atoms with Crippen molar-refractivity contribution in [3.63, 3.8) is 0 Å². The number of nitrogens with two attached hydrogens (primary N) is 2. The monoisotopic (exact) mass is 693 g/mol. The minimum atomic E-state index is -2.90. The number of pyridine rings is 1. The van der Waals surface area contributed by atoms with Crippen molar-refractivity contribution < 1.29 is 48.3 Å². The van der Waals surface area contributed by atoms with Gasteiger partial charge in [0.15, 0.2) is 11.5 Å². The summed E-state index contributed by atoms with van der Waals surface area (Å²) in [6.07, 6.45) is 6.35. The zero-order chi connectivity index (χ0) is 35.7. The average Bonchev–Trinajstić information content (AvgIpc) is 3.59. The van der Waals surface area contributed by atoms with Crippen LogP contribution in [0.1, 0.15) is 19.4 Å². The van der Waals surface area contributed by atoms with Crippen molar-refractivity contribution in [2.75, 3.05) is 24.7 Å². The van der Waals surface area contributed by atoms with E-state index < -0.39 is 66.5 Å². The topological polar surface area (TPSA) is 254 Å². The van der Waals surface area contributed by atoms with E-state index in [0.717, 1.165) is 24.7 Å². The molecule has 1 saturated heterocycles. The summed E-state index contributed by atoms with van der Waals surface area (Å²) >= 11 is 6.05. The van der Waals surface area contributed by atoms with Crippen LogP contribution in [0.15, 0.2) is 48.9 Å². The van der Waals surface area contributed by atoms with Crippen molar-refractivity contribution in [2.24, 2.45) is 0 Å². The summed E-state index contributed by atoms with van der Waals surface area (Å²) in [6.45, 7) is 0.521. The Labute approximate surface area is 282 Å². The fourth-order valence-electron chi connectivity index (χ4n) is 5.65. The van der Waals surface area contributed by atoms with Crippen LogP contribution >= 0.6 is 11.6 Å². The molecule has 254 valence electrons. The molecular formula is C31H28ClN7O10. The Morgan fingerprint density at radius 1 is 1.06 bits per heavy atom. The predicted octanol–water partition coefficient (Wildman–Crippen LogP) is 1.42. The van der Waals surface area contributed by atoms with E-state index in [9.17, 15) is 29.4 Å². The Morgan fingerprint density at radius 2 is 1.73 bits per heavy atom. The minimum absolute atomic E-state index is 0.0115. The first-order chi connectivity index (χ1) is 23.2. The van der Waals surface area contributed by atoms with Crippen molar-refractivity contribution in [2.45, 2.75) is 43.3 Å². The lowest BCUT2D eigenvalue weighted by Crippen LogP contribution is -2.63. The molecule has 0 spiro atoms. The molecule has 4 heterocycles. The first-order valence-corrected chi connectivity index (χ1v) is 14.6. The SMILES string of the molecule is C#C[C@@]1(OC(C)=O)[C@@H](COC(Cc2ccc(-c3cccnc3N)cc2)(C(=O)O)C(=O)O)OC[C@@]1(OC(C)=O)n1cnc2c(N)nc(Cl)nc21. The summed E-state index contributed by atoms with van der Waals surface area (Å²) in [5.74, 6) is -3.17. The highest BCUT2D eigenvalue weighted by Gasteiger charge is 2.69. The zero-order valence-corrected chi connectivity index (χ0v) is 26.6. The van der Waals surface area contributed by atoms with Gasteiger partial charge in [0.05, 0.1) is 6.61 Å². The van der Waals surface area contributed by atoms with Crippen LogP contribution in [-0.2, 0) is 50.3 Å². The van der Waals surface area contributed by atoms with Crippen molar-refractivity contribution in [1.82, 2.24) is 24.5 Å². The van der Waals surface area contributed by atoms with E-state index in [2.05, 4.69) is 25.9 Å². The van der Waals surface area contributed by atoms with Crippen LogP contribution in [0.3, 0.4) is 0 Å². The normalized spacial score (nSPS) is 20.4. The summed E-state index contributed by atoms with van der Waals surface area (Å²) in [5.41, 5.74) is 5.75. The fourth-order valence-corrected chi connectivity index (χ4v) is 5.82. The van der Waals surface area contributed by atoms with E-state index in [4.69, 9.17) is 48.4 Å². The van der Waals surface area contributed by atoms with Gasteiger partial charge < -0.3 is 40.6 Å². The van der Waals surface area contributed by atoms with Gasteiger partial charge >= 0.3 is 23.9 Å². The summed E-state index contributed by atoms with van der Waals surface area (Å²) in [5, 5.41) is 20.2. The van der Waals surface area contributed by atoms with Crippen molar-refractivity contribution in [1.29, 1.82) is 0 Å². The Hall–Kier alpha value is -5.83. The smallest absolute Gasteiger partial charge is 0.348 e. The van der Waals surface area contributed by atoms with Crippen molar-refractivity contribution in [3.8, 4) is 23.5 Å². The maximum absolute atomic E-state index is 12.7. The minimum Gasteiger partial charge on any atom is -0.479 e. The number of aromatic nitrogens is 5. The summed E-state index contributed by atoms with van der Waals surface area (Å²) in [6, 6.07) is 9.68. The molecule has 3 atom stereocenters. The maximum Gasteiger partial charge on any atom is 0.348 e. The average molecular weight is 694 g/mol. The second kappa shape index (κ2) is 13.0. The van der Waals surface area contributed by atoms with Gasteiger partial charge in [0.25, 0.3) is 16.9 Å². The van der Waals surface area contributed by atoms with Crippen LogP contribution in [0, 0.1) is 12.3 Å². The molecule has 0 saturated carbocycles. The van der Waals surface area contributed by atoms with Crippen LogP contribution in [0.5, 0.6) is 0 Å². The standard InChI is InChI=1S/C31H28ClN7O10/c1-4-30(48-16(2)40)21(46-14-31(30,49-17(3)41)39-15-36-22-24(34)37-28(32)38-25(22)39)13-47-29(26(42)43,27(44)45)12-18-7-9-19(10-8-18)20-6-5-11-35-23(20)33/h1,5-11,15,21H,12-14H2,2-3H3,(H2,33,35)(H,42,43)(H,44,45)(H2,34,37,38)/t21-,30-,31+/m1/s1. The van der Waals surface area contributed by atoms with E-state index in [1.165, 1.54) is 18.3 Å². The third-order valence-electron chi connectivity index (χ3n) is 7.86. The van der Waals surface area contributed by atoms with Gasteiger partial charge in [-0.3, -0.25) is 14.2 Å². The number of carboxylic acid groups (broad SMARTS) is 2. The van der Waals surface area contributed by atoms with E-state index in [-0.39, 0.29) is 33.6 Å². The number of imidazole rings is 1. The largest absolute Gasteiger partial charge is 0.479 e. The van der Waals surface area contributed by atoms with Crippen LogP contribution < -0.4 is 11.5 Å². The number of halogens is 1. The number of nitrogens with zero attached hydrogens (tertiary/aromatic N) is 5. The van der Waals surface area contributed by atoms with Crippen LogP contribution in [0.2, 0.25) is 5.28 Å². The van der Waals surface area contributed by atoms with Crippen molar-refractivity contribution >= 4 is 58.3 Å². The van der Waals surface area contributed by atoms with Gasteiger partial charge in [-0.05, 0) is 40.8 Å². The molecule has 1 aromatic carbocycles.